The lowest BCUT2D eigenvalue weighted by Crippen LogP contribution is -2.37. The molecular formula is C17H31IN4O2. The molecule has 1 aromatic rings. The minimum atomic E-state index is 0. The van der Waals surface area contributed by atoms with E-state index in [0.717, 1.165) is 50.9 Å². The maximum absolute atomic E-state index is 5.31. The molecular weight excluding hydrogens is 419 g/mol. The van der Waals surface area contributed by atoms with Crippen LogP contribution in [-0.2, 0) is 16.0 Å². The molecule has 138 valence electrons. The fraction of sp³-hybridized carbons (Fsp3) is 0.588. The molecule has 0 spiro atoms. The van der Waals surface area contributed by atoms with E-state index in [0.29, 0.717) is 6.61 Å². The number of methoxy groups -OCH3 is 1. The number of hydrogen-bond donors (Lipinski definition) is 3. The smallest absolute Gasteiger partial charge is 0.191 e. The number of nitrogens with zero attached hydrogens (tertiary/aromatic N) is 1. The van der Waals surface area contributed by atoms with Crippen LogP contribution in [0.5, 0.6) is 0 Å². The quantitative estimate of drug-likeness (QED) is 0.209. The first-order valence-corrected chi connectivity index (χ1v) is 8.14. The third-order valence-electron chi connectivity index (χ3n) is 3.23. The summed E-state index contributed by atoms with van der Waals surface area (Å²) >= 11 is 0. The van der Waals surface area contributed by atoms with Gasteiger partial charge in [-0.25, -0.2) is 0 Å². The van der Waals surface area contributed by atoms with E-state index in [4.69, 9.17) is 9.47 Å². The van der Waals surface area contributed by atoms with Crippen LogP contribution in [0.4, 0.5) is 5.69 Å². The molecule has 6 nitrogen and oxygen atoms in total. The van der Waals surface area contributed by atoms with E-state index in [9.17, 15) is 0 Å². The number of benzene rings is 1. The monoisotopic (exact) mass is 450 g/mol. The molecule has 0 radical (unpaired) electrons. The summed E-state index contributed by atoms with van der Waals surface area (Å²) in [7, 11) is 3.48. The molecule has 0 fully saturated rings. The average Bonchev–Trinajstić information content (AvgIpc) is 2.59. The van der Waals surface area contributed by atoms with Crippen molar-refractivity contribution in [1.29, 1.82) is 0 Å². The highest BCUT2D eigenvalue weighted by atomic mass is 127. The molecule has 1 aromatic carbocycles. The first-order valence-electron chi connectivity index (χ1n) is 8.14. The van der Waals surface area contributed by atoms with Crippen molar-refractivity contribution in [2.75, 3.05) is 52.4 Å². The van der Waals surface area contributed by atoms with Crippen molar-refractivity contribution < 1.29 is 9.47 Å². The predicted octanol–water partition coefficient (Wildman–Crippen LogP) is 2.45. The van der Waals surface area contributed by atoms with Crippen molar-refractivity contribution in [3.63, 3.8) is 0 Å². The second kappa shape index (κ2) is 15.5. The second-order valence-electron chi connectivity index (χ2n) is 5.02. The molecule has 0 saturated heterocycles. The molecule has 7 heteroatoms. The van der Waals surface area contributed by atoms with E-state index < -0.39 is 0 Å². The molecule has 0 bridgehead atoms. The summed E-state index contributed by atoms with van der Waals surface area (Å²) in [6, 6.07) is 8.35. The predicted molar refractivity (Wildman–Crippen MR) is 112 cm³/mol. The fourth-order valence-electron chi connectivity index (χ4n) is 1.97. The maximum Gasteiger partial charge on any atom is 0.191 e. The molecule has 0 aliphatic heterocycles. The summed E-state index contributed by atoms with van der Waals surface area (Å²) in [5.74, 6) is 0.809. The van der Waals surface area contributed by atoms with Gasteiger partial charge in [0.15, 0.2) is 5.96 Å². The number of hydrogen-bond acceptors (Lipinski definition) is 4. The summed E-state index contributed by atoms with van der Waals surface area (Å²) in [5.41, 5.74) is 2.31. The summed E-state index contributed by atoms with van der Waals surface area (Å²) in [6.45, 7) is 6.65. The number of rotatable bonds is 11. The van der Waals surface area contributed by atoms with Gasteiger partial charge in [0.25, 0.3) is 0 Å². The van der Waals surface area contributed by atoms with Gasteiger partial charge < -0.3 is 25.4 Å². The Balaban J connectivity index is 0.00000529. The molecule has 0 saturated carbocycles. The van der Waals surface area contributed by atoms with E-state index in [-0.39, 0.29) is 24.0 Å². The van der Waals surface area contributed by atoms with Gasteiger partial charge in [0.2, 0.25) is 0 Å². The van der Waals surface area contributed by atoms with Crippen LogP contribution < -0.4 is 16.0 Å². The highest BCUT2D eigenvalue weighted by Gasteiger charge is 1.99. The Bertz CT molecular complexity index is 441. The van der Waals surface area contributed by atoms with Crippen molar-refractivity contribution in [3.8, 4) is 0 Å². The molecule has 0 aromatic heterocycles. The molecule has 0 aliphatic carbocycles. The second-order valence-corrected chi connectivity index (χ2v) is 5.02. The zero-order valence-electron chi connectivity index (χ0n) is 14.9. The van der Waals surface area contributed by atoms with Crippen molar-refractivity contribution in [2.24, 2.45) is 4.99 Å². The summed E-state index contributed by atoms with van der Waals surface area (Å²) in [6.07, 6.45) is 0.969. The van der Waals surface area contributed by atoms with Gasteiger partial charge in [-0.05, 0) is 31.0 Å². The van der Waals surface area contributed by atoms with Crippen LogP contribution in [0, 0.1) is 0 Å². The van der Waals surface area contributed by atoms with E-state index in [1.165, 1.54) is 5.56 Å². The van der Waals surface area contributed by atoms with Crippen molar-refractivity contribution in [2.45, 2.75) is 19.9 Å². The number of nitrogens with one attached hydrogen (secondary N) is 3. The Morgan fingerprint density at radius 1 is 1.08 bits per heavy atom. The Morgan fingerprint density at radius 3 is 2.46 bits per heavy atom. The molecule has 0 aliphatic rings. The van der Waals surface area contributed by atoms with Gasteiger partial charge >= 0.3 is 0 Å². The van der Waals surface area contributed by atoms with Crippen LogP contribution in [0.15, 0.2) is 29.3 Å². The molecule has 1 rings (SSSR count). The fourth-order valence-corrected chi connectivity index (χ4v) is 1.97. The molecule has 0 heterocycles. The first kappa shape index (κ1) is 22.9. The minimum Gasteiger partial charge on any atom is -0.383 e. The molecule has 0 amide bonds. The number of guanidine groups is 1. The number of ether oxygens (including phenoxy) is 2. The van der Waals surface area contributed by atoms with Gasteiger partial charge in [-0.15, -0.1) is 24.0 Å². The van der Waals surface area contributed by atoms with Gasteiger partial charge in [-0.1, -0.05) is 12.1 Å². The average molecular weight is 450 g/mol. The van der Waals surface area contributed by atoms with Gasteiger partial charge in [0.05, 0.1) is 6.61 Å². The van der Waals surface area contributed by atoms with Crippen LogP contribution in [-0.4, -0.2) is 53.0 Å². The Labute approximate surface area is 162 Å². The summed E-state index contributed by atoms with van der Waals surface area (Å²) in [4.78, 5) is 4.22. The van der Waals surface area contributed by atoms with Gasteiger partial charge in [0.1, 0.15) is 0 Å². The van der Waals surface area contributed by atoms with Crippen LogP contribution >= 0.6 is 24.0 Å². The molecule has 24 heavy (non-hydrogen) atoms. The van der Waals surface area contributed by atoms with Crippen LogP contribution in [0.1, 0.15) is 18.9 Å². The highest BCUT2D eigenvalue weighted by Crippen LogP contribution is 2.08. The Hall–Kier alpha value is -1.06. The minimum absolute atomic E-state index is 0. The Morgan fingerprint density at radius 2 is 1.83 bits per heavy atom. The van der Waals surface area contributed by atoms with Crippen molar-refractivity contribution in [1.82, 2.24) is 10.6 Å². The standard InChI is InChI=1S/C17H30N4O2.HI/c1-4-23-12-5-10-20-17(18-2)21-14-15-6-8-16(9-7-15)19-11-13-22-3;/h6-9,19H,4-5,10-14H2,1-3H3,(H2,18,20,21);1H. The van der Waals surface area contributed by atoms with E-state index in [1.54, 1.807) is 14.2 Å². The van der Waals surface area contributed by atoms with Crippen LogP contribution in [0.2, 0.25) is 0 Å². The van der Waals surface area contributed by atoms with E-state index in [1.807, 2.05) is 6.92 Å². The number of anilines is 1. The van der Waals surface area contributed by atoms with E-state index in [2.05, 4.69) is 45.2 Å². The number of aliphatic imine (C=N–C) groups is 1. The molecule has 0 atom stereocenters. The van der Waals surface area contributed by atoms with Gasteiger partial charge in [0, 0.05) is 52.7 Å². The zero-order valence-corrected chi connectivity index (χ0v) is 17.3. The Kier molecular flexibility index (Phi) is 14.8. The lowest BCUT2D eigenvalue weighted by Gasteiger charge is -2.12. The largest absolute Gasteiger partial charge is 0.383 e. The van der Waals surface area contributed by atoms with Crippen LogP contribution in [0.25, 0.3) is 0 Å². The molecule has 0 unspecified atom stereocenters. The van der Waals surface area contributed by atoms with Crippen LogP contribution in [0.3, 0.4) is 0 Å². The first-order chi connectivity index (χ1) is 11.3. The normalized spacial score (nSPS) is 10.9. The molecule has 3 N–H and O–H groups in total. The zero-order chi connectivity index (χ0) is 16.8. The summed E-state index contributed by atoms with van der Waals surface area (Å²) < 4.78 is 10.3. The van der Waals surface area contributed by atoms with Gasteiger partial charge in [-0.3, -0.25) is 4.99 Å². The third-order valence-corrected chi connectivity index (χ3v) is 3.23. The summed E-state index contributed by atoms with van der Waals surface area (Å²) in [5, 5.41) is 9.88. The van der Waals surface area contributed by atoms with Crippen molar-refractivity contribution >= 4 is 35.6 Å². The van der Waals surface area contributed by atoms with Crippen molar-refractivity contribution in [3.05, 3.63) is 29.8 Å². The lowest BCUT2D eigenvalue weighted by molar-refractivity contribution is 0.145. The highest BCUT2D eigenvalue weighted by molar-refractivity contribution is 14.0. The van der Waals surface area contributed by atoms with Gasteiger partial charge in [-0.2, -0.15) is 0 Å². The lowest BCUT2D eigenvalue weighted by atomic mass is 10.2. The SMILES string of the molecule is CCOCCCNC(=NC)NCc1ccc(NCCOC)cc1.I. The topological polar surface area (TPSA) is 66.9 Å². The number of halogens is 1. The van der Waals surface area contributed by atoms with E-state index >= 15 is 0 Å². The third kappa shape index (κ3) is 10.7. The maximum atomic E-state index is 5.31.